The Morgan fingerprint density at radius 3 is 2.71 bits per heavy atom. The van der Waals surface area contributed by atoms with Crippen molar-refractivity contribution in [1.82, 2.24) is 9.55 Å². The molecule has 3 aromatic rings. The highest BCUT2D eigenvalue weighted by Crippen LogP contribution is 2.20. The molecule has 0 atom stereocenters. The van der Waals surface area contributed by atoms with E-state index in [4.69, 9.17) is 0 Å². The molecular weight excluding hydrogens is 280 g/mol. The van der Waals surface area contributed by atoms with Crippen molar-refractivity contribution >= 4 is 22.5 Å². The number of thioether (sulfide) groups is 1. The van der Waals surface area contributed by atoms with Gasteiger partial charge in [-0.05, 0) is 29.5 Å². The fourth-order valence-corrected chi connectivity index (χ4v) is 3.11. The molecule has 0 radical (unpaired) electrons. The summed E-state index contributed by atoms with van der Waals surface area (Å²) in [4.78, 5) is 16.7. The summed E-state index contributed by atoms with van der Waals surface area (Å²) in [7, 11) is 0. The smallest absolute Gasteiger partial charge is 0.254 e. The molecule has 4 heteroatoms. The topological polar surface area (TPSA) is 34.9 Å². The van der Waals surface area contributed by atoms with Gasteiger partial charge in [0.05, 0.1) is 6.54 Å². The molecule has 21 heavy (non-hydrogen) atoms. The molecule has 0 N–H and O–H groups in total. The average Bonchev–Trinajstić information content (AvgIpc) is 2.50. The lowest BCUT2D eigenvalue weighted by Gasteiger charge is -2.12. The van der Waals surface area contributed by atoms with Gasteiger partial charge in [0.25, 0.3) is 5.56 Å². The summed E-state index contributed by atoms with van der Waals surface area (Å²) in [6.07, 6.45) is 1.95. The zero-order valence-electron chi connectivity index (χ0n) is 12.0. The Labute approximate surface area is 127 Å². The van der Waals surface area contributed by atoms with Crippen LogP contribution in [0.5, 0.6) is 0 Å². The standard InChI is InChI=1S/C17H16N2OS/c1-12-10-16(20)19(17(18-12)21-2)11-14-8-5-7-13-6-3-4-9-15(13)14/h3-10H,11H2,1-2H3. The van der Waals surface area contributed by atoms with E-state index >= 15 is 0 Å². The maximum atomic E-state index is 12.3. The van der Waals surface area contributed by atoms with Crippen LogP contribution >= 0.6 is 11.8 Å². The van der Waals surface area contributed by atoms with E-state index < -0.39 is 0 Å². The minimum Gasteiger partial charge on any atom is -0.283 e. The number of benzene rings is 2. The summed E-state index contributed by atoms with van der Waals surface area (Å²) in [5.41, 5.74) is 1.90. The first-order chi connectivity index (χ1) is 10.2. The van der Waals surface area contributed by atoms with Gasteiger partial charge in [-0.3, -0.25) is 9.36 Å². The quantitative estimate of drug-likeness (QED) is 0.548. The third-order valence-electron chi connectivity index (χ3n) is 3.49. The van der Waals surface area contributed by atoms with Gasteiger partial charge in [0.1, 0.15) is 0 Å². The van der Waals surface area contributed by atoms with E-state index in [0.29, 0.717) is 6.54 Å². The molecule has 0 spiro atoms. The second-order valence-corrected chi connectivity index (χ2v) is 5.72. The van der Waals surface area contributed by atoms with Crippen molar-refractivity contribution in [2.75, 3.05) is 6.26 Å². The number of aryl methyl sites for hydroxylation is 1. The number of hydrogen-bond donors (Lipinski definition) is 0. The number of rotatable bonds is 3. The summed E-state index contributed by atoms with van der Waals surface area (Å²) in [6, 6.07) is 16.0. The van der Waals surface area contributed by atoms with Gasteiger partial charge in [-0.2, -0.15) is 0 Å². The summed E-state index contributed by atoms with van der Waals surface area (Å²) in [5.74, 6) is 0. The van der Waals surface area contributed by atoms with Gasteiger partial charge in [0, 0.05) is 11.8 Å². The van der Waals surface area contributed by atoms with E-state index in [-0.39, 0.29) is 5.56 Å². The van der Waals surface area contributed by atoms with E-state index in [9.17, 15) is 4.79 Å². The Morgan fingerprint density at radius 2 is 1.90 bits per heavy atom. The van der Waals surface area contributed by atoms with Crippen molar-refractivity contribution in [2.24, 2.45) is 0 Å². The number of nitrogens with zero attached hydrogens (tertiary/aromatic N) is 2. The maximum Gasteiger partial charge on any atom is 0.254 e. The first-order valence-corrected chi connectivity index (χ1v) is 8.00. The molecule has 0 bridgehead atoms. The van der Waals surface area contributed by atoms with Crippen LogP contribution in [0.4, 0.5) is 0 Å². The van der Waals surface area contributed by atoms with E-state index in [1.807, 2.05) is 31.4 Å². The summed E-state index contributed by atoms with van der Waals surface area (Å²) in [6.45, 7) is 2.40. The largest absolute Gasteiger partial charge is 0.283 e. The lowest BCUT2D eigenvalue weighted by atomic mass is 10.0. The van der Waals surface area contributed by atoms with Crippen LogP contribution < -0.4 is 5.56 Å². The Morgan fingerprint density at radius 1 is 1.14 bits per heavy atom. The van der Waals surface area contributed by atoms with Crippen LogP contribution in [0.15, 0.2) is 58.5 Å². The molecule has 1 aromatic heterocycles. The highest BCUT2D eigenvalue weighted by atomic mass is 32.2. The zero-order valence-corrected chi connectivity index (χ0v) is 12.9. The fraction of sp³-hybridized carbons (Fsp3) is 0.176. The Balaban J connectivity index is 2.13. The predicted octanol–water partition coefficient (Wildman–Crippen LogP) is 3.48. The fourth-order valence-electron chi connectivity index (χ4n) is 2.50. The van der Waals surface area contributed by atoms with Crippen LogP contribution in [0, 0.1) is 6.92 Å². The van der Waals surface area contributed by atoms with E-state index in [1.54, 1.807) is 10.6 Å². The molecule has 1 heterocycles. The summed E-state index contributed by atoms with van der Waals surface area (Å²) < 4.78 is 1.74. The van der Waals surface area contributed by atoms with Crippen LogP contribution in [-0.2, 0) is 6.54 Å². The van der Waals surface area contributed by atoms with E-state index in [2.05, 4.69) is 29.2 Å². The Hall–Kier alpha value is -2.07. The lowest BCUT2D eigenvalue weighted by molar-refractivity contribution is 0.641. The van der Waals surface area contributed by atoms with Crippen molar-refractivity contribution in [3.8, 4) is 0 Å². The van der Waals surface area contributed by atoms with Gasteiger partial charge >= 0.3 is 0 Å². The van der Waals surface area contributed by atoms with Gasteiger partial charge in [-0.1, -0.05) is 54.2 Å². The van der Waals surface area contributed by atoms with Crippen LogP contribution in [-0.4, -0.2) is 15.8 Å². The van der Waals surface area contributed by atoms with Crippen LogP contribution in [0.2, 0.25) is 0 Å². The number of hydrogen-bond acceptors (Lipinski definition) is 3. The first-order valence-electron chi connectivity index (χ1n) is 6.78. The van der Waals surface area contributed by atoms with Crippen LogP contribution in [0.25, 0.3) is 10.8 Å². The third kappa shape index (κ3) is 2.72. The average molecular weight is 296 g/mol. The Kier molecular flexibility index (Phi) is 3.80. The highest BCUT2D eigenvalue weighted by molar-refractivity contribution is 7.98. The summed E-state index contributed by atoms with van der Waals surface area (Å²) >= 11 is 1.50. The van der Waals surface area contributed by atoms with Crippen LogP contribution in [0.1, 0.15) is 11.3 Å². The van der Waals surface area contributed by atoms with E-state index in [0.717, 1.165) is 16.4 Å². The van der Waals surface area contributed by atoms with Crippen molar-refractivity contribution < 1.29 is 0 Å². The highest BCUT2D eigenvalue weighted by Gasteiger charge is 2.08. The lowest BCUT2D eigenvalue weighted by Crippen LogP contribution is -2.23. The van der Waals surface area contributed by atoms with Crippen molar-refractivity contribution in [3.05, 3.63) is 70.1 Å². The molecule has 3 rings (SSSR count). The molecule has 0 aliphatic rings. The minimum atomic E-state index is -0.000200. The van der Waals surface area contributed by atoms with E-state index in [1.165, 1.54) is 22.5 Å². The molecule has 0 saturated carbocycles. The molecule has 0 aliphatic carbocycles. The van der Waals surface area contributed by atoms with Crippen LogP contribution in [0.3, 0.4) is 0 Å². The number of aromatic nitrogens is 2. The minimum absolute atomic E-state index is 0.000200. The number of fused-ring (bicyclic) bond motifs is 1. The van der Waals surface area contributed by atoms with Crippen molar-refractivity contribution in [2.45, 2.75) is 18.6 Å². The second-order valence-electron chi connectivity index (χ2n) is 4.95. The van der Waals surface area contributed by atoms with Gasteiger partial charge < -0.3 is 0 Å². The van der Waals surface area contributed by atoms with Gasteiger partial charge in [0.2, 0.25) is 0 Å². The molecule has 2 aromatic carbocycles. The molecule has 106 valence electrons. The summed E-state index contributed by atoms with van der Waals surface area (Å²) in [5, 5.41) is 3.13. The van der Waals surface area contributed by atoms with Gasteiger partial charge in [0.15, 0.2) is 5.16 Å². The molecule has 0 saturated heterocycles. The Bertz CT molecular complexity index is 850. The predicted molar refractivity (Wildman–Crippen MR) is 88.1 cm³/mol. The van der Waals surface area contributed by atoms with Gasteiger partial charge in [-0.25, -0.2) is 4.98 Å². The second kappa shape index (κ2) is 5.74. The molecule has 0 aliphatic heterocycles. The monoisotopic (exact) mass is 296 g/mol. The normalized spacial score (nSPS) is 11.0. The molecule has 3 nitrogen and oxygen atoms in total. The molecule has 0 amide bonds. The third-order valence-corrected chi connectivity index (χ3v) is 4.17. The molecule has 0 unspecified atom stereocenters. The molecular formula is C17H16N2OS. The maximum absolute atomic E-state index is 12.3. The zero-order chi connectivity index (χ0) is 14.8. The van der Waals surface area contributed by atoms with Crippen molar-refractivity contribution in [3.63, 3.8) is 0 Å². The molecule has 0 fully saturated rings. The van der Waals surface area contributed by atoms with Gasteiger partial charge in [-0.15, -0.1) is 0 Å². The SMILES string of the molecule is CSc1nc(C)cc(=O)n1Cc1cccc2ccccc12. The first kappa shape index (κ1) is 13.9. The van der Waals surface area contributed by atoms with Crippen molar-refractivity contribution in [1.29, 1.82) is 0 Å².